The first-order chi connectivity index (χ1) is 16.0. The van der Waals surface area contributed by atoms with Crippen molar-refractivity contribution in [1.29, 1.82) is 0 Å². The molecule has 2 aromatic carbocycles. The lowest BCUT2D eigenvalue weighted by atomic mass is 10.1. The van der Waals surface area contributed by atoms with E-state index in [0.717, 1.165) is 29.9 Å². The number of aromatic nitrogens is 1. The van der Waals surface area contributed by atoms with Gasteiger partial charge in [-0.15, -0.1) is 0 Å². The summed E-state index contributed by atoms with van der Waals surface area (Å²) < 4.78 is 5.47. The van der Waals surface area contributed by atoms with Gasteiger partial charge in [0.2, 0.25) is 0 Å². The Kier molecular flexibility index (Phi) is 6.97. The Labute approximate surface area is 192 Å². The Bertz CT molecular complexity index is 1160. The van der Waals surface area contributed by atoms with Gasteiger partial charge < -0.3 is 25.8 Å². The number of benzene rings is 2. The topological polar surface area (TPSA) is 118 Å². The van der Waals surface area contributed by atoms with Gasteiger partial charge in [-0.05, 0) is 35.4 Å². The Balaban J connectivity index is 1.71. The third-order valence-corrected chi connectivity index (χ3v) is 5.48. The zero-order valence-electron chi connectivity index (χ0n) is 18.2. The van der Waals surface area contributed by atoms with Gasteiger partial charge >= 0.3 is 5.97 Å². The smallest absolute Gasteiger partial charge is 0.307 e. The third kappa shape index (κ3) is 5.54. The lowest BCUT2D eigenvalue weighted by Gasteiger charge is -2.29. The number of nitrogens with zero attached hydrogens (tertiary/aromatic N) is 2. The maximum absolute atomic E-state index is 13.2. The maximum atomic E-state index is 13.2. The van der Waals surface area contributed by atoms with Crippen molar-refractivity contribution in [3.8, 4) is 11.3 Å². The van der Waals surface area contributed by atoms with E-state index in [-0.39, 0.29) is 12.1 Å². The molecule has 1 aliphatic heterocycles. The number of nitrogens with two attached hydrogens (primary N) is 1. The lowest BCUT2D eigenvalue weighted by Crippen LogP contribution is -2.36. The van der Waals surface area contributed by atoms with Crippen LogP contribution in [0.15, 0.2) is 60.7 Å². The molecule has 1 aromatic heterocycles. The Morgan fingerprint density at radius 2 is 1.85 bits per heavy atom. The predicted octanol–water partition coefficient (Wildman–Crippen LogP) is 2.92. The number of anilines is 2. The highest BCUT2D eigenvalue weighted by Gasteiger charge is 2.18. The quantitative estimate of drug-likeness (QED) is 0.511. The number of ether oxygens (including phenoxy) is 1. The number of aliphatic carboxylic acids is 1. The summed E-state index contributed by atoms with van der Waals surface area (Å²) in [7, 11) is 0. The molecule has 1 amide bonds. The number of hydrogen-bond donors (Lipinski definition) is 3. The van der Waals surface area contributed by atoms with E-state index in [1.807, 2.05) is 30.3 Å². The fraction of sp³-hybridized carbons (Fsp3) is 0.240. The summed E-state index contributed by atoms with van der Waals surface area (Å²) in [6.07, 6.45) is -0.186. The van der Waals surface area contributed by atoms with E-state index in [2.05, 4.69) is 15.2 Å². The van der Waals surface area contributed by atoms with Crippen molar-refractivity contribution in [2.24, 2.45) is 5.73 Å². The van der Waals surface area contributed by atoms with Crippen LogP contribution in [0.5, 0.6) is 0 Å². The molecule has 170 valence electrons. The number of nitrogens with one attached hydrogen (secondary N) is 1. The summed E-state index contributed by atoms with van der Waals surface area (Å²) in [4.78, 5) is 31.2. The van der Waals surface area contributed by atoms with Crippen LogP contribution in [0.2, 0.25) is 0 Å². The van der Waals surface area contributed by atoms with Gasteiger partial charge in [0.1, 0.15) is 5.69 Å². The lowest BCUT2D eigenvalue weighted by molar-refractivity contribution is -0.136. The van der Waals surface area contributed by atoms with Crippen LogP contribution >= 0.6 is 0 Å². The summed E-state index contributed by atoms with van der Waals surface area (Å²) in [6.45, 7) is 3.07. The van der Waals surface area contributed by atoms with Crippen molar-refractivity contribution in [2.45, 2.75) is 13.0 Å². The Hall–Kier alpha value is -3.75. The van der Waals surface area contributed by atoms with E-state index in [1.54, 1.807) is 30.3 Å². The van der Waals surface area contributed by atoms with Crippen molar-refractivity contribution < 1.29 is 19.4 Å². The van der Waals surface area contributed by atoms with Crippen molar-refractivity contribution in [3.63, 3.8) is 0 Å². The molecule has 1 aliphatic rings. The highest BCUT2D eigenvalue weighted by molar-refractivity contribution is 6.04. The minimum atomic E-state index is -0.966. The van der Waals surface area contributed by atoms with Crippen LogP contribution in [0.1, 0.15) is 21.6 Å². The van der Waals surface area contributed by atoms with Gasteiger partial charge in [0.15, 0.2) is 0 Å². The van der Waals surface area contributed by atoms with Crippen molar-refractivity contribution >= 4 is 23.3 Å². The molecule has 0 unspecified atom stereocenters. The summed E-state index contributed by atoms with van der Waals surface area (Å²) in [5.74, 6) is -1.37. The van der Waals surface area contributed by atoms with Crippen molar-refractivity contribution in [3.05, 3.63) is 77.5 Å². The van der Waals surface area contributed by atoms with Crippen LogP contribution in [0, 0.1) is 0 Å². The molecule has 8 heteroatoms. The fourth-order valence-corrected chi connectivity index (χ4v) is 3.79. The summed E-state index contributed by atoms with van der Waals surface area (Å²) in [5, 5.41) is 12.0. The van der Waals surface area contributed by atoms with Crippen LogP contribution in [0.3, 0.4) is 0 Å². The summed E-state index contributed by atoms with van der Waals surface area (Å²) >= 11 is 0. The second-order valence-electron chi connectivity index (χ2n) is 7.78. The van der Waals surface area contributed by atoms with E-state index in [0.29, 0.717) is 36.7 Å². The molecule has 0 aliphatic carbocycles. The molecule has 1 fully saturated rings. The molecular formula is C25H26N4O4. The average molecular weight is 447 g/mol. The number of carboxylic acid groups (broad SMARTS) is 1. The van der Waals surface area contributed by atoms with Gasteiger partial charge in [-0.25, -0.2) is 4.98 Å². The molecule has 0 atom stereocenters. The van der Waals surface area contributed by atoms with E-state index < -0.39 is 11.9 Å². The zero-order valence-corrected chi connectivity index (χ0v) is 18.2. The minimum absolute atomic E-state index is 0.186. The molecular weight excluding hydrogens is 420 g/mol. The van der Waals surface area contributed by atoms with Gasteiger partial charge in [-0.2, -0.15) is 0 Å². The summed E-state index contributed by atoms with van der Waals surface area (Å²) in [5.41, 5.74) is 10.4. The second kappa shape index (κ2) is 10.2. The monoisotopic (exact) mass is 446 g/mol. The SMILES string of the molecule is NCc1cccc(-c2cc(N3CCOCC3)cc(C(=O)Nc3ccccc3CC(=O)O)n2)c1. The Morgan fingerprint density at radius 3 is 2.61 bits per heavy atom. The molecule has 8 nitrogen and oxygen atoms in total. The summed E-state index contributed by atoms with van der Waals surface area (Å²) in [6, 6.07) is 18.4. The molecule has 0 saturated carbocycles. The number of carbonyl (C=O) groups is 2. The van der Waals surface area contributed by atoms with Crippen LogP contribution in [-0.2, 0) is 22.5 Å². The Morgan fingerprint density at radius 1 is 1.06 bits per heavy atom. The largest absolute Gasteiger partial charge is 0.481 e. The fourth-order valence-electron chi connectivity index (χ4n) is 3.79. The molecule has 3 aromatic rings. The van der Waals surface area contributed by atoms with Gasteiger partial charge in [0.05, 0.1) is 25.3 Å². The van der Waals surface area contributed by atoms with E-state index >= 15 is 0 Å². The predicted molar refractivity (Wildman–Crippen MR) is 126 cm³/mol. The highest BCUT2D eigenvalue weighted by Crippen LogP contribution is 2.27. The molecule has 33 heavy (non-hydrogen) atoms. The number of hydrogen-bond acceptors (Lipinski definition) is 6. The van der Waals surface area contributed by atoms with Crippen molar-refractivity contribution in [2.75, 3.05) is 36.5 Å². The highest BCUT2D eigenvalue weighted by atomic mass is 16.5. The first-order valence-corrected chi connectivity index (χ1v) is 10.8. The van der Waals surface area contributed by atoms with Crippen LogP contribution in [0.25, 0.3) is 11.3 Å². The molecule has 0 radical (unpaired) electrons. The molecule has 4 N–H and O–H groups in total. The maximum Gasteiger partial charge on any atom is 0.307 e. The molecule has 0 spiro atoms. The van der Waals surface area contributed by atoms with Crippen LogP contribution in [-0.4, -0.2) is 48.3 Å². The van der Waals surface area contributed by atoms with E-state index in [4.69, 9.17) is 10.5 Å². The number of rotatable bonds is 7. The number of carbonyl (C=O) groups excluding carboxylic acids is 1. The first-order valence-electron chi connectivity index (χ1n) is 10.8. The van der Waals surface area contributed by atoms with E-state index in [9.17, 15) is 14.7 Å². The van der Waals surface area contributed by atoms with Gasteiger partial charge in [-0.1, -0.05) is 36.4 Å². The van der Waals surface area contributed by atoms with Crippen molar-refractivity contribution in [1.82, 2.24) is 4.98 Å². The van der Waals surface area contributed by atoms with Gasteiger partial charge in [0.25, 0.3) is 5.91 Å². The van der Waals surface area contributed by atoms with Crippen LogP contribution < -0.4 is 16.0 Å². The molecule has 1 saturated heterocycles. The first kappa shape index (κ1) is 22.4. The normalized spacial score (nSPS) is 13.5. The number of pyridine rings is 1. The minimum Gasteiger partial charge on any atom is -0.481 e. The number of para-hydroxylation sites is 1. The molecule has 4 rings (SSSR count). The van der Waals surface area contributed by atoms with E-state index in [1.165, 1.54) is 0 Å². The molecule has 2 heterocycles. The average Bonchev–Trinajstić information content (AvgIpc) is 2.85. The number of carboxylic acids is 1. The number of amides is 1. The van der Waals surface area contributed by atoms with Crippen LogP contribution in [0.4, 0.5) is 11.4 Å². The standard InChI is InChI=1S/C25H26N4O4/c26-16-17-4-3-6-18(12-17)22-14-20(29-8-10-33-11-9-29)15-23(27-22)25(32)28-21-7-2-1-5-19(21)13-24(30)31/h1-7,12,14-15H,8-11,13,16,26H2,(H,28,32)(H,30,31). The third-order valence-electron chi connectivity index (χ3n) is 5.48. The second-order valence-corrected chi connectivity index (χ2v) is 7.78. The molecule has 0 bridgehead atoms. The van der Waals surface area contributed by atoms with Gasteiger partial charge in [-0.3, -0.25) is 9.59 Å². The number of morpholine rings is 1. The van der Waals surface area contributed by atoms with Gasteiger partial charge in [0, 0.05) is 36.6 Å². The zero-order chi connectivity index (χ0) is 23.2.